The van der Waals surface area contributed by atoms with Crippen molar-refractivity contribution >= 4 is 5.97 Å². The Hall–Kier alpha value is -1.62. The second-order valence-electron chi connectivity index (χ2n) is 3.11. The summed E-state index contributed by atoms with van der Waals surface area (Å²) in [4.78, 5) is 10.5. The average molecular weight is 213 g/mol. The molecule has 82 valence electrons. The van der Waals surface area contributed by atoms with Crippen molar-refractivity contribution in [2.24, 2.45) is 5.73 Å². The fraction of sp³-hybridized carbons (Fsp3) is 0.300. The topological polar surface area (TPSA) is 72.5 Å². The highest BCUT2D eigenvalue weighted by molar-refractivity contribution is 5.87. The molecule has 0 aliphatic rings. The van der Waals surface area contributed by atoms with Crippen LogP contribution in [0.1, 0.15) is 17.3 Å². The van der Waals surface area contributed by atoms with Gasteiger partial charge in [-0.3, -0.25) is 0 Å². The Morgan fingerprint density at radius 1 is 1.67 bits per heavy atom. The fourth-order valence-corrected chi connectivity index (χ4v) is 0.994. The van der Waals surface area contributed by atoms with Gasteiger partial charge >= 0.3 is 5.97 Å². The molecule has 5 heteroatoms. The molecule has 0 aromatic heterocycles. The number of rotatable bonds is 4. The summed E-state index contributed by atoms with van der Waals surface area (Å²) < 4.78 is 18.4. The second-order valence-corrected chi connectivity index (χ2v) is 3.11. The number of carboxylic acid groups (broad SMARTS) is 1. The lowest BCUT2D eigenvalue weighted by Gasteiger charge is -2.12. The van der Waals surface area contributed by atoms with Crippen molar-refractivity contribution < 1.29 is 19.0 Å². The highest BCUT2D eigenvalue weighted by Gasteiger charge is 2.10. The van der Waals surface area contributed by atoms with Crippen molar-refractivity contribution in [2.45, 2.75) is 13.0 Å². The molecule has 0 spiro atoms. The Morgan fingerprint density at radius 2 is 2.33 bits per heavy atom. The molecule has 1 aromatic carbocycles. The third-order valence-corrected chi connectivity index (χ3v) is 1.84. The van der Waals surface area contributed by atoms with Gasteiger partial charge in [0.25, 0.3) is 0 Å². The molecule has 0 saturated heterocycles. The predicted molar refractivity (Wildman–Crippen MR) is 52.5 cm³/mol. The minimum absolute atomic E-state index is 0.0120. The van der Waals surface area contributed by atoms with Crippen LogP contribution in [0.15, 0.2) is 18.2 Å². The molecular weight excluding hydrogens is 201 g/mol. The van der Waals surface area contributed by atoms with E-state index in [1.807, 2.05) is 0 Å². The van der Waals surface area contributed by atoms with Gasteiger partial charge in [0.15, 0.2) is 11.6 Å². The maximum Gasteiger partial charge on any atom is 0.335 e. The minimum Gasteiger partial charge on any atom is -0.486 e. The third-order valence-electron chi connectivity index (χ3n) is 1.84. The molecule has 1 aromatic rings. The number of aromatic carboxylic acids is 1. The van der Waals surface area contributed by atoms with Crippen molar-refractivity contribution in [1.82, 2.24) is 0 Å². The van der Waals surface area contributed by atoms with E-state index < -0.39 is 11.8 Å². The lowest BCUT2D eigenvalue weighted by atomic mass is 10.2. The zero-order valence-electron chi connectivity index (χ0n) is 8.24. The van der Waals surface area contributed by atoms with Crippen LogP contribution in [0.5, 0.6) is 5.75 Å². The van der Waals surface area contributed by atoms with E-state index in [-0.39, 0.29) is 24.0 Å². The first-order chi connectivity index (χ1) is 7.04. The van der Waals surface area contributed by atoms with Crippen molar-refractivity contribution in [2.75, 3.05) is 6.54 Å². The Balaban J connectivity index is 2.88. The first kappa shape index (κ1) is 11.5. The van der Waals surface area contributed by atoms with E-state index in [0.717, 1.165) is 6.07 Å². The Morgan fingerprint density at radius 3 is 2.80 bits per heavy atom. The van der Waals surface area contributed by atoms with Crippen LogP contribution in [0.2, 0.25) is 0 Å². The van der Waals surface area contributed by atoms with Crippen LogP contribution in [0.3, 0.4) is 0 Å². The van der Waals surface area contributed by atoms with Crippen molar-refractivity contribution in [3.63, 3.8) is 0 Å². The second kappa shape index (κ2) is 4.75. The largest absolute Gasteiger partial charge is 0.486 e. The zero-order valence-corrected chi connectivity index (χ0v) is 8.24. The summed E-state index contributed by atoms with van der Waals surface area (Å²) in [6.07, 6.45) is -0.310. The number of hydrogen-bond acceptors (Lipinski definition) is 3. The number of ether oxygens (including phenoxy) is 1. The molecule has 0 bridgehead atoms. The summed E-state index contributed by atoms with van der Waals surface area (Å²) in [6, 6.07) is 3.48. The molecule has 0 aliphatic heterocycles. The summed E-state index contributed by atoms with van der Waals surface area (Å²) >= 11 is 0. The standard InChI is InChI=1S/C10H12FNO3/c1-6(5-12)15-9-3-2-7(10(13)14)4-8(9)11/h2-4,6H,5,12H2,1H3,(H,13,14). The summed E-state index contributed by atoms with van der Waals surface area (Å²) in [7, 11) is 0. The molecule has 3 N–H and O–H groups in total. The summed E-state index contributed by atoms with van der Waals surface area (Å²) in [6.45, 7) is 1.96. The highest BCUT2D eigenvalue weighted by Crippen LogP contribution is 2.19. The maximum atomic E-state index is 13.3. The predicted octanol–water partition coefficient (Wildman–Crippen LogP) is 1.25. The van der Waals surface area contributed by atoms with Crippen LogP contribution in [0.4, 0.5) is 4.39 Å². The van der Waals surface area contributed by atoms with Gasteiger partial charge in [0.05, 0.1) is 5.56 Å². The van der Waals surface area contributed by atoms with Gasteiger partial charge < -0.3 is 15.6 Å². The SMILES string of the molecule is CC(CN)Oc1ccc(C(=O)O)cc1F. The van der Waals surface area contributed by atoms with Gasteiger partial charge in [-0.15, -0.1) is 0 Å². The number of hydrogen-bond donors (Lipinski definition) is 2. The van der Waals surface area contributed by atoms with Crippen molar-refractivity contribution in [1.29, 1.82) is 0 Å². The van der Waals surface area contributed by atoms with Crippen molar-refractivity contribution in [3.8, 4) is 5.75 Å². The first-order valence-electron chi connectivity index (χ1n) is 4.44. The van der Waals surface area contributed by atoms with Gasteiger partial charge in [-0.05, 0) is 25.1 Å². The molecule has 0 saturated carbocycles. The molecule has 15 heavy (non-hydrogen) atoms. The average Bonchev–Trinajstić information content (AvgIpc) is 2.20. The van der Waals surface area contributed by atoms with E-state index in [2.05, 4.69) is 0 Å². The van der Waals surface area contributed by atoms with E-state index in [1.54, 1.807) is 6.92 Å². The first-order valence-corrected chi connectivity index (χ1v) is 4.44. The number of halogens is 1. The summed E-state index contributed by atoms with van der Waals surface area (Å²) in [5.41, 5.74) is 5.20. The van der Waals surface area contributed by atoms with E-state index >= 15 is 0 Å². The van der Waals surface area contributed by atoms with Crippen LogP contribution < -0.4 is 10.5 Å². The number of nitrogens with two attached hydrogens (primary N) is 1. The molecule has 0 aliphatic carbocycles. The Labute approximate surface area is 86.5 Å². The molecule has 4 nitrogen and oxygen atoms in total. The number of benzene rings is 1. The zero-order chi connectivity index (χ0) is 11.4. The van der Waals surface area contributed by atoms with E-state index in [4.69, 9.17) is 15.6 Å². The normalized spacial score (nSPS) is 12.2. The van der Waals surface area contributed by atoms with Gasteiger partial charge in [-0.1, -0.05) is 0 Å². The molecule has 1 atom stereocenters. The molecular formula is C10H12FNO3. The van der Waals surface area contributed by atoms with Gasteiger partial charge in [0.2, 0.25) is 0 Å². The third kappa shape index (κ3) is 2.92. The highest BCUT2D eigenvalue weighted by atomic mass is 19.1. The molecule has 0 heterocycles. The van der Waals surface area contributed by atoms with Gasteiger partial charge in [0, 0.05) is 6.54 Å². The molecule has 0 fully saturated rings. The van der Waals surface area contributed by atoms with Gasteiger partial charge in [0.1, 0.15) is 6.10 Å². The van der Waals surface area contributed by atoms with Crippen LogP contribution in [0, 0.1) is 5.82 Å². The smallest absolute Gasteiger partial charge is 0.335 e. The molecule has 1 rings (SSSR count). The van der Waals surface area contributed by atoms with Crippen LogP contribution in [0.25, 0.3) is 0 Å². The van der Waals surface area contributed by atoms with Crippen LogP contribution in [-0.2, 0) is 0 Å². The van der Waals surface area contributed by atoms with E-state index in [1.165, 1.54) is 12.1 Å². The summed E-state index contributed by atoms with van der Waals surface area (Å²) in [5, 5.41) is 8.60. The molecule has 1 unspecified atom stereocenters. The van der Waals surface area contributed by atoms with Crippen LogP contribution in [-0.4, -0.2) is 23.7 Å². The van der Waals surface area contributed by atoms with E-state index in [9.17, 15) is 9.18 Å². The molecule has 0 radical (unpaired) electrons. The Kier molecular flexibility index (Phi) is 3.62. The summed E-state index contributed by atoms with van der Waals surface area (Å²) in [5.74, 6) is -1.86. The number of carboxylic acids is 1. The monoisotopic (exact) mass is 213 g/mol. The van der Waals surface area contributed by atoms with Gasteiger partial charge in [-0.25, -0.2) is 9.18 Å². The lowest BCUT2D eigenvalue weighted by Crippen LogP contribution is -2.23. The minimum atomic E-state index is -1.17. The quantitative estimate of drug-likeness (QED) is 0.789. The maximum absolute atomic E-state index is 13.3. The van der Waals surface area contributed by atoms with Crippen LogP contribution >= 0.6 is 0 Å². The fourth-order valence-electron chi connectivity index (χ4n) is 0.994. The van der Waals surface area contributed by atoms with Gasteiger partial charge in [-0.2, -0.15) is 0 Å². The van der Waals surface area contributed by atoms with Crippen molar-refractivity contribution in [3.05, 3.63) is 29.6 Å². The number of carbonyl (C=O) groups is 1. The lowest BCUT2D eigenvalue weighted by molar-refractivity contribution is 0.0696. The Bertz CT molecular complexity index is 368. The molecule has 0 amide bonds. The van der Waals surface area contributed by atoms with E-state index in [0.29, 0.717) is 0 Å².